The van der Waals surface area contributed by atoms with E-state index in [2.05, 4.69) is 11.9 Å². The molecule has 1 aromatic heterocycles. The zero-order valence-electron chi connectivity index (χ0n) is 17.8. The fraction of sp³-hybridized carbons (Fsp3) is 0.304. The molecular weight excluding hydrogens is 434 g/mol. The molecule has 1 saturated heterocycles. The summed E-state index contributed by atoms with van der Waals surface area (Å²) in [5, 5.41) is 0.524. The van der Waals surface area contributed by atoms with E-state index < -0.39 is 0 Å². The number of halogens is 1. The fourth-order valence-corrected chi connectivity index (χ4v) is 4.50. The highest BCUT2D eigenvalue weighted by molar-refractivity contribution is 7.17. The van der Waals surface area contributed by atoms with E-state index in [1.807, 2.05) is 53.4 Å². The first-order valence-corrected chi connectivity index (χ1v) is 10.7. The molecule has 0 N–H and O–H groups in total. The predicted octanol–water partition coefficient (Wildman–Crippen LogP) is 0.886. The van der Waals surface area contributed by atoms with Crippen molar-refractivity contribution >= 4 is 17.2 Å². The summed E-state index contributed by atoms with van der Waals surface area (Å²) in [4.78, 5) is 23.0. The molecule has 1 aliphatic heterocycles. The number of amides is 1. The van der Waals surface area contributed by atoms with Gasteiger partial charge in [0.05, 0.1) is 24.8 Å². The monoisotopic (exact) mass is 458 g/mol. The van der Waals surface area contributed by atoms with Gasteiger partial charge in [0.15, 0.2) is 5.01 Å². The first-order valence-electron chi connectivity index (χ1n) is 9.86. The van der Waals surface area contributed by atoms with Gasteiger partial charge in [-0.2, -0.15) is 0 Å². The van der Waals surface area contributed by atoms with Crippen molar-refractivity contribution < 1.29 is 26.7 Å². The van der Waals surface area contributed by atoms with E-state index in [0.29, 0.717) is 5.01 Å². The molecule has 0 radical (unpaired) electrons. The zero-order chi connectivity index (χ0) is 21.1. The Morgan fingerprint density at radius 3 is 1.90 bits per heavy atom. The van der Waals surface area contributed by atoms with Crippen molar-refractivity contribution in [3.8, 4) is 33.2 Å². The van der Waals surface area contributed by atoms with Crippen LogP contribution in [-0.4, -0.2) is 68.1 Å². The third kappa shape index (κ3) is 5.01. The second kappa shape index (κ2) is 10.1. The van der Waals surface area contributed by atoms with Gasteiger partial charge in [0.2, 0.25) is 0 Å². The molecule has 0 aliphatic carbocycles. The average molecular weight is 459 g/mol. The standard InChI is InChI=1S/C23H25N3O3S.ClH/c1-25-12-14-26(15-13-25)23(27)22-24-20(16-4-8-18(28-2)9-5-16)21(30-22)17-6-10-19(29-3)11-7-17;/h4-11H,12-15H2,1-3H3;1H/p-1. The van der Waals surface area contributed by atoms with Crippen molar-refractivity contribution in [2.24, 2.45) is 0 Å². The molecular formula is C23H25ClN3O3S-. The zero-order valence-corrected chi connectivity index (χ0v) is 19.4. The molecule has 6 nitrogen and oxygen atoms in total. The van der Waals surface area contributed by atoms with E-state index in [9.17, 15) is 4.79 Å². The number of carbonyl (C=O) groups is 1. The van der Waals surface area contributed by atoms with Crippen LogP contribution in [0.5, 0.6) is 11.5 Å². The number of hydrogen-bond acceptors (Lipinski definition) is 6. The minimum Gasteiger partial charge on any atom is -1.00 e. The van der Waals surface area contributed by atoms with Crippen LogP contribution in [0, 0.1) is 0 Å². The minimum absolute atomic E-state index is 0. The lowest BCUT2D eigenvalue weighted by atomic mass is 10.1. The first kappa shape index (κ1) is 23.1. The normalized spacial score (nSPS) is 14.1. The van der Waals surface area contributed by atoms with Crippen LogP contribution in [0.1, 0.15) is 9.80 Å². The number of carbonyl (C=O) groups excluding carboxylic acids is 1. The van der Waals surface area contributed by atoms with E-state index in [4.69, 9.17) is 14.5 Å². The van der Waals surface area contributed by atoms with E-state index >= 15 is 0 Å². The molecule has 0 saturated carbocycles. The quantitative estimate of drug-likeness (QED) is 0.568. The van der Waals surface area contributed by atoms with Crippen LogP contribution in [0.15, 0.2) is 48.5 Å². The van der Waals surface area contributed by atoms with Gasteiger partial charge in [0.1, 0.15) is 11.5 Å². The number of ether oxygens (including phenoxy) is 2. The van der Waals surface area contributed by atoms with Crippen LogP contribution in [0.25, 0.3) is 21.7 Å². The molecule has 0 unspecified atom stereocenters. The molecule has 0 atom stereocenters. The van der Waals surface area contributed by atoms with E-state index in [1.54, 1.807) is 14.2 Å². The molecule has 2 aromatic carbocycles. The Morgan fingerprint density at radius 2 is 1.39 bits per heavy atom. The summed E-state index contributed by atoms with van der Waals surface area (Å²) < 4.78 is 10.6. The minimum atomic E-state index is 0. The van der Waals surface area contributed by atoms with Crippen molar-refractivity contribution in [3.05, 3.63) is 53.5 Å². The number of piperazine rings is 1. The van der Waals surface area contributed by atoms with Crippen molar-refractivity contribution in [1.82, 2.24) is 14.8 Å². The van der Waals surface area contributed by atoms with E-state index in [0.717, 1.165) is 59.4 Å². The molecule has 8 heteroatoms. The second-order valence-electron chi connectivity index (χ2n) is 7.25. The number of nitrogens with zero attached hydrogens (tertiary/aromatic N) is 3. The lowest BCUT2D eigenvalue weighted by Gasteiger charge is -2.31. The second-order valence-corrected chi connectivity index (χ2v) is 8.25. The molecule has 31 heavy (non-hydrogen) atoms. The number of aromatic nitrogens is 1. The highest BCUT2D eigenvalue weighted by atomic mass is 35.5. The fourth-order valence-electron chi connectivity index (χ4n) is 3.44. The Labute approximate surface area is 192 Å². The topological polar surface area (TPSA) is 54.9 Å². The maximum absolute atomic E-state index is 13.2. The lowest BCUT2D eigenvalue weighted by molar-refractivity contribution is -0.0000172. The summed E-state index contributed by atoms with van der Waals surface area (Å²) in [5.74, 6) is 1.58. The Morgan fingerprint density at radius 1 is 0.871 bits per heavy atom. The molecule has 1 amide bonds. The van der Waals surface area contributed by atoms with E-state index in [-0.39, 0.29) is 18.3 Å². The summed E-state index contributed by atoms with van der Waals surface area (Å²) in [5.41, 5.74) is 2.78. The number of rotatable bonds is 5. The summed E-state index contributed by atoms with van der Waals surface area (Å²) in [6.07, 6.45) is 0. The lowest BCUT2D eigenvalue weighted by Crippen LogP contribution is -3.00. The van der Waals surface area contributed by atoms with Crippen molar-refractivity contribution in [1.29, 1.82) is 0 Å². The van der Waals surface area contributed by atoms with Gasteiger partial charge in [0, 0.05) is 31.7 Å². The number of methoxy groups -OCH3 is 2. The number of hydrogen-bond donors (Lipinski definition) is 0. The summed E-state index contributed by atoms with van der Waals surface area (Å²) in [6, 6.07) is 15.6. The number of benzene rings is 2. The summed E-state index contributed by atoms with van der Waals surface area (Å²) in [7, 11) is 5.37. The summed E-state index contributed by atoms with van der Waals surface area (Å²) >= 11 is 1.45. The Kier molecular flexibility index (Phi) is 7.54. The molecule has 3 aromatic rings. The van der Waals surface area contributed by atoms with E-state index in [1.165, 1.54) is 11.3 Å². The van der Waals surface area contributed by atoms with Gasteiger partial charge < -0.3 is 31.7 Å². The molecule has 164 valence electrons. The van der Waals surface area contributed by atoms with Crippen LogP contribution in [0.3, 0.4) is 0 Å². The van der Waals surface area contributed by atoms with Gasteiger partial charge in [0.25, 0.3) is 5.91 Å². The molecule has 0 bridgehead atoms. The molecule has 0 spiro atoms. The van der Waals surface area contributed by atoms with Gasteiger partial charge in [-0.05, 0) is 61.1 Å². The molecule has 4 rings (SSSR count). The number of thiazole rings is 1. The van der Waals surface area contributed by atoms with Gasteiger partial charge in [-0.15, -0.1) is 11.3 Å². The predicted molar refractivity (Wildman–Crippen MR) is 119 cm³/mol. The van der Waals surface area contributed by atoms with Crippen LogP contribution >= 0.6 is 11.3 Å². The Balaban J connectivity index is 0.00000272. The third-order valence-electron chi connectivity index (χ3n) is 5.32. The SMILES string of the molecule is COc1ccc(-c2nc(C(=O)N3CCN(C)CC3)sc2-c2ccc(OC)cc2)cc1.[Cl-]. The highest BCUT2D eigenvalue weighted by Gasteiger charge is 2.25. The van der Waals surface area contributed by atoms with Gasteiger partial charge in [-0.25, -0.2) is 4.98 Å². The average Bonchev–Trinajstić information content (AvgIpc) is 3.24. The maximum Gasteiger partial charge on any atom is 0.282 e. The smallest absolute Gasteiger partial charge is 0.282 e. The number of likely N-dealkylation sites (N-methyl/N-ethyl adjacent to an activating group) is 1. The Bertz CT molecular complexity index is 949. The molecule has 1 aliphatic rings. The summed E-state index contributed by atoms with van der Waals surface area (Å²) in [6.45, 7) is 3.22. The van der Waals surface area contributed by atoms with Crippen LogP contribution < -0.4 is 21.9 Å². The van der Waals surface area contributed by atoms with Gasteiger partial charge in [-0.1, -0.05) is 0 Å². The van der Waals surface area contributed by atoms with Crippen molar-refractivity contribution in [2.45, 2.75) is 0 Å². The van der Waals surface area contributed by atoms with Gasteiger partial charge in [-0.3, -0.25) is 4.79 Å². The highest BCUT2D eigenvalue weighted by Crippen LogP contribution is 2.38. The Hall–Kier alpha value is -2.61. The maximum atomic E-state index is 13.2. The van der Waals surface area contributed by atoms with Crippen molar-refractivity contribution in [2.75, 3.05) is 47.4 Å². The van der Waals surface area contributed by atoms with Crippen LogP contribution in [-0.2, 0) is 0 Å². The van der Waals surface area contributed by atoms with Crippen LogP contribution in [0.2, 0.25) is 0 Å². The third-order valence-corrected chi connectivity index (χ3v) is 6.41. The van der Waals surface area contributed by atoms with Crippen molar-refractivity contribution in [3.63, 3.8) is 0 Å². The largest absolute Gasteiger partial charge is 1.00 e. The van der Waals surface area contributed by atoms with Crippen LogP contribution in [0.4, 0.5) is 0 Å². The molecule has 1 fully saturated rings. The molecule has 2 heterocycles. The first-order chi connectivity index (χ1) is 14.6. The van der Waals surface area contributed by atoms with Gasteiger partial charge >= 0.3 is 0 Å².